The number of piperidine rings is 1. The van der Waals surface area contributed by atoms with Crippen LogP contribution in [0.25, 0.3) is 0 Å². The first kappa shape index (κ1) is 18.9. The Kier molecular flexibility index (Phi) is 6.74. The van der Waals surface area contributed by atoms with Crippen LogP contribution >= 0.6 is 0 Å². The third-order valence-corrected chi connectivity index (χ3v) is 5.75. The van der Waals surface area contributed by atoms with E-state index in [-0.39, 0.29) is 29.9 Å². The second kappa shape index (κ2) is 8.58. The number of carbonyl (C=O) groups excluding carboxylic acids is 1. The molecule has 1 aliphatic rings. The molecule has 1 N–H and O–H groups in total. The summed E-state index contributed by atoms with van der Waals surface area (Å²) in [4.78, 5) is 14.0. The van der Waals surface area contributed by atoms with E-state index in [1.807, 2.05) is 6.92 Å². The van der Waals surface area contributed by atoms with Crippen molar-refractivity contribution >= 4 is 15.9 Å². The van der Waals surface area contributed by atoms with Gasteiger partial charge in [0, 0.05) is 19.1 Å². The van der Waals surface area contributed by atoms with Crippen molar-refractivity contribution in [3.63, 3.8) is 0 Å². The SMILES string of the molecule is CCCCS(=O)(=O)NC1CCN(C(=O)Cc2ccc(F)cc2)CC1. The summed E-state index contributed by atoms with van der Waals surface area (Å²) in [7, 11) is -3.22. The summed E-state index contributed by atoms with van der Waals surface area (Å²) in [5.41, 5.74) is 0.781. The van der Waals surface area contributed by atoms with Crippen LogP contribution in [-0.2, 0) is 21.2 Å². The normalized spacial score (nSPS) is 16.3. The monoisotopic (exact) mass is 356 g/mol. The topological polar surface area (TPSA) is 66.5 Å². The number of hydrogen-bond donors (Lipinski definition) is 1. The van der Waals surface area contributed by atoms with Gasteiger partial charge in [-0.3, -0.25) is 4.79 Å². The predicted octanol–water partition coefficient (Wildman–Crippen LogP) is 2.08. The molecule has 0 atom stereocenters. The Labute approximate surface area is 143 Å². The lowest BCUT2D eigenvalue weighted by Gasteiger charge is -2.32. The zero-order chi connectivity index (χ0) is 17.6. The molecular formula is C17H25FN2O3S. The minimum atomic E-state index is -3.22. The maximum absolute atomic E-state index is 12.9. The first-order valence-electron chi connectivity index (χ1n) is 8.42. The van der Waals surface area contributed by atoms with E-state index in [1.165, 1.54) is 12.1 Å². The molecule has 7 heteroatoms. The molecule has 0 spiro atoms. The standard InChI is InChI=1S/C17H25FN2O3S/c1-2-3-12-24(22,23)19-16-8-10-20(11-9-16)17(21)13-14-4-6-15(18)7-5-14/h4-7,16,19H,2-3,8-13H2,1H3. The van der Waals surface area contributed by atoms with Gasteiger partial charge in [0.25, 0.3) is 0 Å². The number of benzene rings is 1. The Bertz CT molecular complexity index is 638. The van der Waals surface area contributed by atoms with Crippen molar-refractivity contribution in [3.05, 3.63) is 35.6 Å². The van der Waals surface area contributed by atoms with Crippen molar-refractivity contribution < 1.29 is 17.6 Å². The van der Waals surface area contributed by atoms with Crippen molar-refractivity contribution in [1.29, 1.82) is 0 Å². The number of halogens is 1. The molecule has 0 radical (unpaired) electrons. The van der Waals surface area contributed by atoms with Gasteiger partial charge in [0.15, 0.2) is 0 Å². The van der Waals surface area contributed by atoms with Gasteiger partial charge < -0.3 is 4.90 Å². The van der Waals surface area contributed by atoms with Crippen molar-refractivity contribution in [2.75, 3.05) is 18.8 Å². The fourth-order valence-electron chi connectivity index (χ4n) is 2.78. The molecule has 1 aromatic rings. The maximum Gasteiger partial charge on any atom is 0.226 e. The van der Waals surface area contributed by atoms with Gasteiger partial charge in [-0.2, -0.15) is 0 Å². The van der Waals surface area contributed by atoms with Crippen LogP contribution in [0.3, 0.4) is 0 Å². The lowest BCUT2D eigenvalue weighted by atomic mass is 10.0. The molecule has 1 amide bonds. The van der Waals surface area contributed by atoms with E-state index < -0.39 is 10.0 Å². The van der Waals surface area contributed by atoms with Crippen LogP contribution in [0.5, 0.6) is 0 Å². The third-order valence-electron chi connectivity index (χ3n) is 4.23. The molecule has 0 unspecified atom stereocenters. The molecule has 0 bridgehead atoms. The van der Waals surface area contributed by atoms with E-state index in [9.17, 15) is 17.6 Å². The quantitative estimate of drug-likeness (QED) is 0.813. The highest BCUT2D eigenvalue weighted by Crippen LogP contribution is 2.14. The summed E-state index contributed by atoms with van der Waals surface area (Å²) in [5.74, 6) is -0.163. The Balaban J connectivity index is 1.79. The summed E-state index contributed by atoms with van der Waals surface area (Å²) in [5, 5.41) is 0. The van der Waals surface area contributed by atoms with E-state index in [4.69, 9.17) is 0 Å². The highest BCUT2D eigenvalue weighted by atomic mass is 32.2. The van der Waals surface area contributed by atoms with Gasteiger partial charge in [0.05, 0.1) is 12.2 Å². The molecule has 5 nitrogen and oxygen atoms in total. The second-order valence-electron chi connectivity index (χ2n) is 6.25. The van der Waals surface area contributed by atoms with E-state index in [0.717, 1.165) is 12.0 Å². The predicted molar refractivity (Wildman–Crippen MR) is 91.5 cm³/mol. The van der Waals surface area contributed by atoms with Gasteiger partial charge in [0.2, 0.25) is 15.9 Å². The molecule has 1 aliphatic heterocycles. The van der Waals surface area contributed by atoms with Crippen LogP contribution in [0, 0.1) is 5.82 Å². The summed E-state index contributed by atoms with van der Waals surface area (Å²) >= 11 is 0. The molecule has 0 saturated carbocycles. The van der Waals surface area contributed by atoms with Crippen LogP contribution in [0.15, 0.2) is 24.3 Å². The summed E-state index contributed by atoms with van der Waals surface area (Å²) in [6, 6.07) is 5.82. The number of hydrogen-bond acceptors (Lipinski definition) is 3. The van der Waals surface area contributed by atoms with Gasteiger partial charge in [-0.1, -0.05) is 25.5 Å². The molecule has 134 valence electrons. The summed E-state index contributed by atoms with van der Waals surface area (Å²) in [6.07, 6.45) is 3.00. The average molecular weight is 356 g/mol. The molecule has 2 rings (SSSR count). The second-order valence-corrected chi connectivity index (χ2v) is 8.12. The lowest BCUT2D eigenvalue weighted by Crippen LogP contribution is -2.47. The molecule has 0 aliphatic carbocycles. The first-order valence-corrected chi connectivity index (χ1v) is 10.1. The zero-order valence-corrected chi connectivity index (χ0v) is 14.8. The number of rotatable bonds is 7. The Morgan fingerprint density at radius 1 is 1.25 bits per heavy atom. The molecule has 1 aromatic carbocycles. The van der Waals surface area contributed by atoms with Crippen molar-refractivity contribution in [2.24, 2.45) is 0 Å². The summed E-state index contributed by atoms with van der Waals surface area (Å²) < 4.78 is 39.5. The minimum Gasteiger partial charge on any atom is -0.342 e. The third kappa shape index (κ3) is 5.87. The fraction of sp³-hybridized carbons (Fsp3) is 0.588. The number of amides is 1. The van der Waals surface area contributed by atoms with Gasteiger partial charge in [0.1, 0.15) is 5.82 Å². The largest absolute Gasteiger partial charge is 0.342 e. The minimum absolute atomic E-state index is 0.00565. The molecule has 1 heterocycles. The van der Waals surface area contributed by atoms with E-state index in [1.54, 1.807) is 17.0 Å². The first-order chi connectivity index (χ1) is 11.4. The number of nitrogens with zero attached hydrogens (tertiary/aromatic N) is 1. The Morgan fingerprint density at radius 3 is 2.46 bits per heavy atom. The maximum atomic E-state index is 12.9. The van der Waals surface area contributed by atoms with E-state index in [0.29, 0.717) is 32.4 Å². The molecule has 24 heavy (non-hydrogen) atoms. The molecule has 1 fully saturated rings. The molecule has 1 saturated heterocycles. The van der Waals surface area contributed by atoms with Crippen molar-refractivity contribution in [3.8, 4) is 0 Å². The van der Waals surface area contributed by atoms with Crippen LogP contribution in [0.1, 0.15) is 38.2 Å². The van der Waals surface area contributed by atoms with Crippen molar-refractivity contribution in [2.45, 2.75) is 45.1 Å². The van der Waals surface area contributed by atoms with E-state index in [2.05, 4.69) is 4.72 Å². The number of carbonyl (C=O) groups is 1. The number of unbranched alkanes of at least 4 members (excludes halogenated alkanes) is 1. The van der Waals surface area contributed by atoms with Crippen LogP contribution in [0.2, 0.25) is 0 Å². The van der Waals surface area contributed by atoms with Gasteiger partial charge in [-0.05, 0) is 37.0 Å². The smallest absolute Gasteiger partial charge is 0.226 e. The van der Waals surface area contributed by atoms with Crippen molar-refractivity contribution in [1.82, 2.24) is 9.62 Å². The lowest BCUT2D eigenvalue weighted by molar-refractivity contribution is -0.131. The van der Waals surface area contributed by atoms with Crippen LogP contribution in [0.4, 0.5) is 4.39 Å². The highest BCUT2D eigenvalue weighted by Gasteiger charge is 2.25. The molecule has 0 aromatic heterocycles. The molecular weight excluding hydrogens is 331 g/mol. The number of sulfonamides is 1. The van der Waals surface area contributed by atoms with Gasteiger partial charge in [-0.25, -0.2) is 17.5 Å². The van der Waals surface area contributed by atoms with Gasteiger partial charge in [-0.15, -0.1) is 0 Å². The zero-order valence-electron chi connectivity index (χ0n) is 14.0. The van der Waals surface area contributed by atoms with Crippen LogP contribution < -0.4 is 4.72 Å². The average Bonchev–Trinajstić information content (AvgIpc) is 2.55. The highest BCUT2D eigenvalue weighted by molar-refractivity contribution is 7.89. The number of nitrogens with one attached hydrogen (secondary N) is 1. The Hall–Kier alpha value is -1.47. The Morgan fingerprint density at radius 2 is 1.88 bits per heavy atom. The van der Waals surface area contributed by atoms with Gasteiger partial charge >= 0.3 is 0 Å². The van der Waals surface area contributed by atoms with E-state index >= 15 is 0 Å². The van der Waals surface area contributed by atoms with Crippen LogP contribution in [-0.4, -0.2) is 44.1 Å². The number of likely N-dealkylation sites (tertiary alicyclic amines) is 1. The fourth-order valence-corrected chi connectivity index (χ4v) is 4.31. The summed E-state index contributed by atoms with van der Waals surface area (Å²) in [6.45, 7) is 3.04.